The zero-order chi connectivity index (χ0) is 18.4. The second kappa shape index (κ2) is 6.57. The summed E-state index contributed by atoms with van der Waals surface area (Å²) in [4.78, 5) is 2.39. The third-order valence-corrected chi connectivity index (χ3v) is 6.20. The molecule has 1 N–H and O–H groups in total. The van der Waals surface area contributed by atoms with Crippen LogP contribution in [0.1, 0.15) is 30.1 Å². The lowest BCUT2D eigenvalue weighted by atomic mass is 9.90. The number of methoxy groups -OCH3 is 1. The van der Waals surface area contributed by atoms with E-state index in [9.17, 15) is 0 Å². The molecule has 1 unspecified atom stereocenters. The summed E-state index contributed by atoms with van der Waals surface area (Å²) in [6, 6.07) is 17.0. The van der Waals surface area contributed by atoms with Gasteiger partial charge in [0.15, 0.2) is 5.11 Å². The Morgan fingerprint density at radius 2 is 2.00 bits per heavy atom. The van der Waals surface area contributed by atoms with Crippen molar-refractivity contribution in [1.29, 1.82) is 0 Å². The van der Waals surface area contributed by atoms with E-state index in [1.165, 1.54) is 28.6 Å². The number of thiocarbonyl (C=S) groups is 1. The first kappa shape index (κ1) is 16.6. The average molecular weight is 378 g/mol. The van der Waals surface area contributed by atoms with E-state index in [0.29, 0.717) is 6.04 Å². The van der Waals surface area contributed by atoms with Gasteiger partial charge in [0.25, 0.3) is 0 Å². The van der Waals surface area contributed by atoms with Crippen molar-refractivity contribution in [2.45, 2.75) is 31.8 Å². The standard InChI is InChI=1S/C22H23N3OS/c1-26-16-10-11-19-18(14-16)17-8-5-9-20-21(17)24(19)12-13-25(20)22(27)23-15-6-3-2-4-7-15/h2-4,6-7,10-11,14,20H,5,8-9,12-13H2,1H3,(H,23,27). The molecule has 138 valence electrons. The Morgan fingerprint density at radius 3 is 2.81 bits per heavy atom. The maximum absolute atomic E-state index is 5.80. The fourth-order valence-electron chi connectivity index (χ4n) is 4.67. The topological polar surface area (TPSA) is 29.4 Å². The monoisotopic (exact) mass is 377 g/mol. The van der Waals surface area contributed by atoms with Crippen molar-refractivity contribution in [3.63, 3.8) is 0 Å². The number of aryl methyl sites for hydroxylation is 1. The number of hydrogen-bond donors (Lipinski definition) is 1. The highest BCUT2D eigenvalue weighted by molar-refractivity contribution is 7.80. The van der Waals surface area contributed by atoms with Crippen LogP contribution in [0.5, 0.6) is 5.75 Å². The fraction of sp³-hybridized carbons (Fsp3) is 0.318. The van der Waals surface area contributed by atoms with Crippen molar-refractivity contribution in [3.8, 4) is 5.75 Å². The molecule has 1 aliphatic heterocycles. The van der Waals surface area contributed by atoms with Crippen LogP contribution < -0.4 is 10.1 Å². The number of rotatable bonds is 2. The molecule has 1 aliphatic carbocycles. The van der Waals surface area contributed by atoms with Gasteiger partial charge in [0.2, 0.25) is 0 Å². The van der Waals surface area contributed by atoms with Crippen LogP contribution in [0.4, 0.5) is 5.69 Å². The molecule has 4 nitrogen and oxygen atoms in total. The summed E-state index contributed by atoms with van der Waals surface area (Å²) >= 11 is 5.80. The van der Waals surface area contributed by atoms with E-state index in [2.05, 4.69) is 45.1 Å². The lowest BCUT2D eigenvalue weighted by molar-refractivity contribution is 0.235. The zero-order valence-corrected chi connectivity index (χ0v) is 16.3. The predicted molar refractivity (Wildman–Crippen MR) is 114 cm³/mol. The van der Waals surface area contributed by atoms with Gasteiger partial charge in [-0.15, -0.1) is 0 Å². The van der Waals surface area contributed by atoms with Crippen LogP contribution in [-0.4, -0.2) is 28.2 Å². The van der Waals surface area contributed by atoms with E-state index >= 15 is 0 Å². The third kappa shape index (κ3) is 2.69. The minimum Gasteiger partial charge on any atom is -0.497 e. The smallest absolute Gasteiger partial charge is 0.174 e. The zero-order valence-electron chi connectivity index (χ0n) is 15.4. The van der Waals surface area contributed by atoms with Crippen LogP contribution in [0.25, 0.3) is 10.9 Å². The molecule has 0 radical (unpaired) electrons. The van der Waals surface area contributed by atoms with Crippen LogP contribution in [-0.2, 0) is 13.0 Å². The second-order valence-corrected chi connectivity index (χ2v) is 7.68. The molecule has 0 saturated heterocycles. The Balaban J connectivity index is 1.53. The lowest BCUT2D eigenvalue weighted by Gasteiger charge is -2.41. The molecule has 0 spiro atoms. The number of benzene rings is 2. The number of ether oxygens (including phenoxy) is 1. The molecule has 2 aliphatic rings. The highest BCUT2D eigenvalue weighted by Crippen LogP contribution is 2.43. The first-order valence-corrected chi connectivity index (χ1v) is 9.99. The van der Waals surface area contributed by atoms with Gasteiger partial charge < -0.3 is 19.5 Å². The van der Waals surface area contributed by atoms with Gasteiger partial charge in [-0.1, -0.05) is 18.2 Å². The molecule has 27 heavy (non-hydrogen) atoms. The first-order chi connectivity index (χ1) is 13.3. The molecule has 1 aromatic heterocycles. The molecule has 0 bridgehead atoms. The van der Waals surface area contributed by atoms with Crippen molar-refractivity contribution in [1.82, 2.24) is 9.47 Å². The van der Waals surface area contributed by atoms with Crippen LogP contribution in [0.15, 0.2) is 48.5 Å². The summed E-state index contributed by atoms with van der Waals surface area (Å²) in [6.07, 6.45) is 3.48. The summed E-state index contributed by atoms with van der Waals surface area (Å²) in [5.41, 5.74) is 5.31. The molecule has 3 aromatic rings. The van der Waals surface area contributed by atoms with Gasteiger partial charge in [0, 0.05) is 35.4 Å². The molecule has 0 fully saturated rings. The third-order valence-electron chi connectivity index (χ3n) is 5.87. The van der Waals surface area contributed by atoms with Crippen molar-refractivity contribution < 1.29 is 4.74 Å². The Bertz CT molecular complexity index is 1010. The van der Waals surface area contributed by atoms with Crippen LogP contribution >= 0.6 is 12.2 Å². The summed E-state index contributed by atoms with van der Waals surface area (Å²) in [7, 11) is 1.74. The largest absolute Gasteiger partial charge is 0.497 e. The number of para-hydroxylation sites is 1. The van der Waals surface area contributed by atoms with E-state index in [0.717, 1.165) is 42.5 Å². The van der Waals surface area contributed by atoms with Gasteiger partial charge in [-0.3, -0.25) is 0 Å². The molecular formula is C22H23N3OS. The van der Waals surface area contributed by atoms with E-state index in [4.69, 9.17) is 17.0 Å². The van der Waals surface area contributed by atoms with E-state index in [1.807, 2.05) is 18.2 Å². The number of anilines is 1. The van der Waals surface area contributed by atoms with Gasteiger partial charge in [0.05, 0.1) is 13.2 Å². The van der Waals surface area contributed by atoms with Crippen molar-refractivity contribution in [3.05, 3.63) is 59.8 Å². The molecule has 2 heterocycles. The lowest BCUT2D eigenvalue weighted by Crippen LogP contribution is -2.45. The summed E-state index contributed by atoms with van der Waals surface area (Å²) in [5, 5.41) is 5.60. The molecule has 2 aromatic carbocycles. The summed E-state index contributed by atoms with van der Waals surface area (Å²) in [6.45, 7) is 1.90. The number of fused-ring (bicyclic) bond motifs is 3. The Labute approximate surface area is 164 Å². The number of aromatic nitrogens is 1. The second-order valence-electron chi connectivity index (χ2n) is 7.30. The van der Waals surface area contributed by atoms with Crippen molar-refractivity contribution >= 4 is 33.9 Å². The maximum atomic E-state index is 5.80. The van der Waals surface area contributed by atoms with E-state index in [-0.39, 0.29) is 0 Å². The average Bonchev–Trinajstić information content (AvgIpc) is 3.04. The van der Waals surface area contributed by atoms with Crippen molar-refractivity contribution in [2.75, 3.05) is 19.0 Å². The van der Waals surface area contributed by atoms with Gasteiger partial charge in [-0.25, -0.2) is 0 Å². The van der Waals surface area contributed by atoms with Gasteiger partial charge in [-0.2, -0.15) is 0 Å². The Morgan fingerprint density at radius 1 is 1.15 bits per heavy atom. The maximum Gasteiger partial charge on any atom is 0.174 e. The minimum atomic E-state index is 0.351. The summed E-state index contributed by atoms with van der Waals surface area (Å²) < 4.78 is 7.98. The van der Waals surface area contributed by atoms with Crippen LogP contribution in [0.3, 0.4) is 0 Å². The highest BCUT2D eigenvalue weighted by atomic mass is 32.1. The SMILES string of the molecule is COc1ccc2c(c1)c1c3n2CCN(C(=S)Nc2ccccc2)C3CCC1. The quantitative estimate of drug-likeness (QED) is 0.653. The van der Waals surface area contributed by atoms with Gasteiger partial charge in [-0.05, 0) is 67.4 Å². The van der Waals surface area contributed by atoms with Crippen LogP contribution in [0.2, 0.25) is 0 Å². The highest BCUT2D eigenvalue weighted by Gasteiger charge is 2.35. The molecule has 1 atom stereocenters. The fourth-order valence-corrected chi connectivity index (χ4v) is 5.01. The number of hydrogen-bond acceptors (Lipinski definition) is 2. The Kier molecular flexibility index (Phi) is 4.05. The van der Waals surface area contributed by atoms with Crippen molar-refractivity contribution in [2.24, 2.45) is 0 Å². The molecule has 0 amide bonds. The summed E-state index contributed by atoms with van der Waals surface area (Å²) in [5.74, 6) is 0.932. The van der Waals surface area contributed by atoms with Crippen LogP contribution in [0, 0.1) is 0 Å². The molecule has 5 heteroatoms. The van der Waals surface area contributed by atoms with Gasteiger partial charge in [0.1, 0.15) is 5.75 Å². The normalized spacial score (nSPS) is 18.3. The minimum absolute atomic E-state index is 0.351. The molecule has 5 rings (SSSR count). The van der Waals surface area contributed by atoms with E-state index < -0.39 is 0 Å². The first-order valence-electron chi connectivity index (χ1n) is 9.58. The molecule has 0 saturated carbocycles. The number of nitrogens with one attached hydrogen (secondary N) is 1. The predicted octanol–water partition coefficient (Wildman–Crippen LogP) is 4.74. The molecular weight excluding hydrogens is 354 g/mol. The van der Waals surface area contributed by atoms with E-state index in [1.54, 1.807) is 7.11 Å². The Hall–Kier alpha value is -2.53. The van der Waals surface area contributed by atoms with Gasteiger partial charge >= 0.3 is 0 Å². The number of nitrogens with zero attached hydrogens (tertiary/aromatic N) is 2.